The van der Waals surface area contributed by atoms with Crippen LogP contribution in [0.4, 0.5) is 5.69 Å². The Morgan fingerprint density at radius 3 is 2.58 bits per heavy atom. The molecule has 0 saturated carbocycles. The second-order valence-electron chi connectivity index (χ2n) is 14.7. The van der Waals surface area contributed by atoms with Crippen LogP contribution in [-0.2, 0) is 42.1 Å². The van der Waals surface area contributed by atoms with E-state index >= 15 is 0 Å². The van der Waals surface area contributed by atoms with E-state index in [9.17, 15) is 18.0 Å². The molecular weight excluding hydrogens is 836 g/mol. The predicted octanol–water partition coefficient (Wildman–Crippen LogP) is 7.52. The Morgan fingerprint density at radius 1 is 0.935 bits per heavy atom. The zero-order valence-electron chi connectivity index (χ0n) is 33.7. The lowest BCUT2D eigenvalue weighted by Gasteiger charge is -2.15. The van der Waals surface area contributed by atoms with Gasteiger partial charge in [-0.2, -0.15) is 0 Å². The maximum absolute atomic E-state index is 13.4. The molecule has 62 heavy (non-hydrogen) atoms. The van der Waals surface area contributed by atoms with Crippen molar-refractivity contribution in [2.45, 2.75) is 43.1 Å². The summed E-state index contributed by atoms with van der Waals surface area (Å²) in [4.78, 5) is 31.7. The molecule has 3 aromatic heterocycles. The molecule has 0 spiro atoms. The van der Waals surface area contributed by atoms with Crippen LogP contribution in [0.15, 0.2) is 117 Å². The Morgan fingerprint density at radius 2 is 1.76 bits per heavy atom. The minimum atomic E-state index is -3.67. The standard InChI is InChI=1S/C45H43ClN6O9S/c1-30-6-8-31(9-7-30)45-48-40-25-38(46)39(26-42(40)61-45)47-43(53)17-20-57-21-19-52-27-33(49-50-52)29-58-22-23-59-34-10-13-36(14-11-34)62(55,56)37-16-18-51(28-37)44(54)15-12-35-24-32-4-2-3-5-41(32)60-35/h2-15,24-27,37H,16-23,28-29H2,1H3,(H,47,53)/b15-12+. The summed E-state index contributed by atoms with van der Waals surface area (Å²) in [5.74, 6) is 1.00. The highest BCUT2D eigenvalue weighted by atomic mass is 35.5. The van der Waals surface area contributed by atoms with Gasteiger partial charge in [0.05, 0.1) is 66.4 Å². The molecule has 0 aliphatic carbocycles. The molecule has 1 unspecified atom stereocenters. The van der Waals surface area contributed by atoms with Crippen LogP contribution in [0.25, 0.3) is 39.6 Å². The van der Waals surface area contributed by atoms with E-state index in [4.69, 9.17) is 34.6 Å². The van der Waals surface area contributed by atoms with Gasteiger partial charge in [-0.05, 0) is 74.0 Å². The number of carbonyl (C=O) groups excluding carboxylic acids is 2. The van der Waals surface area contributed by atoms with Crippen molar-refractivity contribution in [3.8, 4) is 17.2 Å². The smallest absolute Gasteiger partial charge is 0.246 e. The third kappa shape index (κ3) is 10.4. The lowest BCUT2D eigenvalue weighted by molar-refractivity contribution is -0.125. The molecule has 0 radical (unpaired) electrons. The average molecular weight is 879 g/mol. The van der Waals surface area contributed by atoms with Crippen LogP contribution in [0.3, 0.4) is 0 Å². The van der Waals surface area contributed by atoms with Gasteiger partial charge < -0.3 is 33.3 Å². The first-order chi connectivity index (χ1) is 30.1. The zero-order chi connectivity index (χ0) is 43.1. The van der Waals surface area contributed by atoms with Gasteiger partial charge in [0.15, 0.2) is 15.4 Å². The number of likely N-dealkylation sites (tertiary alicyclic amines) is 1. The van der Waals surface area contributed by atoms with Gasteiger partial charge >= 0.3 is 0 Å². The number of furan rings is 1. The number of rotatable bonds is 18. The first kappa shape index (κ1) is 42.4. The van der Waals surface area contributed by atoms with Gasteiger partial charge in [0.25, 0.3) is 0 Å². The van der Waals surface area contributed by atoms with Crippen molar-refractivity contribution in [3.63, 3.8) is 0 Å². The average Bonchev–Trinajstić information content (AvgIpc) is 4.10. The highest BCUT2D eigenvalue weighted by Crippen LogP contribution is 2.32. The fourth-order valence-electron chi connectivity index (χ4n) is 6.85. The number of nitrogens with one attached hydrogen (secondary N) is 1. The normalized spacial score (nSPS) is 14.4. The number of carbonyl (C=O) groups is 2. The lowest BCUT2D eigenvalue weighted by atomic mass is 10.1. The molecule has 1 saturated heterocycles. The highest BCUT2D eigenvalue weighted by molar-refractivity contribution is 7.92. The summed E-state index contributed by atoms with van der Waals surface area (Å²) < 4.78 is 57.2. The van der Waals surface area contributed by atoms with Gasteiger partial charge in [-0.1, -0.05) is 52.7 Å². The van der Waals surface area contributed by atoms with Crippen molar-refractivity contribution in [2.75, 3.05) is 44.8 Å². The van der Waals surface area contributed by atoms with E-state index in [2.05, 4.69) is 20.6 Å². The number of oxazole rings is 1. The number of halogens is 1. The number of benzene rings is 4. The number of hydrogen-bond acceptors (Lipinski definition) is 12. The van der Waals surface area contributed by atoms with Crippen LogP contribution in [0.5, 0.6) is 5.75 Å². The molecule has 15 nitrogen and oxygen atoms in total. The number of aryl methyl sites for hydroxylation is 1. The number of aromatic nitrogens is 4. The molecule has 1 aliphatic heterocycles. The van der Waals surface area contributed by atoms with Crippen LogP contribution in [0, 0.1) is 6.92 Å². The molecule has 8 rings (SSSR count). The Hall–Kier alpha value is -6.33. The van der Waals surface area contributed by atoms with E-state index in [1.807, 2.05) is 61.5 Å². The number of para-hydroxylation sites is 1. The molecule has 2 amide bonds. The number of fused-ring (bicyclic) bond motifs is 2. The van der Waals surface area contributed by atoms with Gasteiger partial charge in [0.1, 0.15) is 34.9 Å². The van der Waals surface area contributed by atoms with Gasteiger partial charge in [0.2, 0.25) is 17.7 Å². The highest BCUT2D eigenvalue weighted by Gasteiger charge is 2.35. The van der Waals surface area contributed by atoms with Gasteiger partial charge in [-0.25, -0.2) is 18.1 Å². The molecular formula is C45H43ClN6O9S. The topological polar surface area (TPSA) is 181 Å². The van der Waals surface area contributed by atoms with E-state index in [-0.39, 0.29) is 56.1 Å². The van der Waals surface area contributed by atoms with Crippen molar-refractivity contribution in [2.24, 2.45) is 0 Å². The van der Waals surface area contributed by atoms with Gasteiger partial charge in [-0.15, -0.1) is 5.10 Å². The molecule has 7 aromatic rings. The molecule has 17 heteroatoms. The third-order valence-corrected chi connectivity index (χ3v) is 12.7. The van der Waals surface area contributed by atoms with Crippen molar-refractivity contribution in [1.29, 1.82) is 0 Å². The number of nitrogens with zero attached hydrogens (tertiary/aromatic N) is 5. The van der Waals surface area contributed by atoms with Crippen molar-refractivity contribution in [1.82, 2.24) is 24.9 Å². The lowest BCUT2D eigenvalue weighted by Crippen LogP contribution is -2.30. The summed E-state index contributed by atoms with van der Waals surface area (Å²) in [5, 5.41) is 11.6. The third-order valence-electron chi connectivity index (χ3n) is 10.2. The summed E-state index contributed by atoms with van der Waals surface area (Å²) in [6.07, 6.45) is 5.24. The molecule has 1 aliphatic rings. The Kier molecular flexibility index (Phi) is 13.1. The summed E-state index contributed by atoms with van der Waals surface area (Å²) in [7, 11) is -3.67. The number of ether oxygens (including phenoxy) is 3. The number of amides is 2. The summed E-state index contributed by atoms with van der Waals surface area (Å²) in [6.45, 7) is 4.13. The number of hydrogen-bond donors (Lipinski definition) is 1. The Bertz CT molecular complexity index is 2790. The van der Waals surface area contributed by atoms with Crippen molar-refractivity contribution in [3.05, 3.63) is 125 Å². The van der Waals surface area contributed by atoms with E-state index in [1.54, 1.807) is 46.1 Å². The minimum absolute atomic E-state index is 0.112. The fraction of sp³-hybridized carbons (Fsp3) is 0.267. The fourth-order valence-corrected chi connectivity index (χ4v) is 8.75. The molecule has 1 N–H and O–H groups in total. The first-order valence-corrected chi connectivity index (χ1v) is 21.9. The number of sulfone groups is 1. The predicted molar refractivity (Wildman–Crippen MR) is 232 cm³/mol. The molecule has 1 fully saturated rings. The molecule has 0 bridgehead atoms. The van der Waals surface area contributed by atoms with Crippen LogP contribution in [-0.4, -0.2) is 89.9 Å². The van der Waals surface area contributed by atoms with Crippen LogP contribution >= 0.6 is 11.6 Å². The van der Waals surface area contributed by atoms with E-state index < -0.39 is 15.1 Å². The Labute approximate surface area is 362 Å². The van der Waals surface area contributed by atoms with Crippen LogP contribution < -0.4 is 10.1 Å². The minimum Gasteiger partial charge on any atom is -0.491 e. The zero-order valence-corrected chi connectivity index (χ0v) is 35.3. The SMILES string of the molecule is Cc1ccc(-c2nc3cc(Cl)c(NC(=O)CCOCCn4cc(COCCOc5ccc(S(=O)(=O)C6CCN(C(=O)/C=C/c7cc8ccccc8o7)C6)cc5)nn4)cc3o2)cc1. The van der Waals surface area contributed by atoms with Gasteiger partial charge in [0, 0.05) is 36.2 Å². The molecule has 4 aromatic carbocycles. The molecule has 320 valence electrons. The second-order valence-corrected chi connectivity index (χ2v) is 17.3. The second kappa shape index (κ2) is 19.2. The van der Waals surface area contributed by atoms with E-state index in [0.29, 0.717) is 71.0 Å². The van der Waals surface area contributed by atoms with E-state index in [1.165, 1.54) is 18.2 Å². The summed E-state index contributed by atoms with van der Waals surface area (Å²) in [5.41, 5.74) is 4.86. The quantitative estimate of drug-likeness (QED) is 0.0663. The van der Waals surface area contributed by atoms with Crippen LogP contribution in [0.1, 0.15) is 29.9 Å². The summed E-state index contributed by atoms with van der Waals surface area (Å²) >= 11 is 6.43. The van der Waals surface area contributed by atoms with Crippen molar-refractivity contribution >= 4 is 67.1 Å². The molecule has 4 heterocycles. The first-order valence-electron chi connectivity index (χ1n) is 20.0. The van der Waals surface area contributed by atoms with Crippen LogP contribution in [0.2, 0.25) is 5.02 Å². The maximum Gasteiger partial charge on any atom is 0.246 e. The monoisotopic (exact) mass is 878 g/mol. The Balaban J connectivity index is 0.697. The van der Waals surface area contributed by atoms with E-state index in [0.717, 1.165) is 22.1 Å². The van der Waals surface area contributed by atoms with Gasteiger partial charge in [-0.3, -0.25) is 9.59 Å². The van der Waals surface area contributed by atoms with Crippen molar-refractivity contribution < 1.29 is 41.1 Å². The molecule has 1 atom stereocenters. The number of anilines is 1. The largest absolute Gasteiger partial charge is 0.491 e. The maximum atomic E-state index is 13.4. The summed E-state index contributed by atoms with van der Waals surface area (Å²) in [6, 6.07) is 26.8.